The van der Waals surface area contributed by atoms with E-state index >= 15 is 0 Å². The number of amides is 1. The zero-order chi connectivity index (χ0) is 11.3. The summed E-state index contributed by atoms with van der Waals surface area (Å²) in [5, 5.41) is 2.82. The first-order valence-corrected chi connectivity index (χ1v) is 5.79. The highest BCUT2D eigenvalue weighted by Crippen LogP contribution is 2.28. The van der Waals surface area contributed by atoms with Crippen molar-refractivity contribution in [2.75, 3.05) is 32.7 Å². The number of hydrogen-bond donors (Lipinski definition) is 2. The maximum atomic E-state index is 11.4. The van der Waals surface area contributed by atoms with Crippen molar-refractivity contribution < 1.29 is 4.79 Å². The van der Waals surface area contributed by atoms with E-state index in [0.717, 1.165) is 32.5 Å². The molecule has 0 radical (unpaired) electrons. The van der Waals surface area contributed by atoms with Gasteiger partial charge < -0.3 is 11.1 Å². The van der Waals surface area contributed by atoms with Crippen LogP contribution in [0.5, 0.6) is 0 Å². The van der Waals surface area contributed by atoms with E-state index in [1.54, 1.807) is 0 Å². The first-order chi connectivity index (χ1) is 7.09. The summed E-state index contributed by atoms with van der Waals surface area (Å²) < 4.78 is 0. The molecule has 0 aromatic rings. The molecule has 1 amide bonds. The fourth-order valence-corrected chi connectivity index (χ4v) is 1.91. The van der Waals surface area contributed by atoms with Crippen LogP contribution in [0.25, 0.3) is 0 Å². The predicted molar refractivity (Wildman–Crippen MR) is 61.5 cm³/mol. The van der Waals surface area contributed by atoms with Gasteiger partial charge in [0.25, 0.3) is 0 Å². The van der Waals surface area contributed by atoms with Gasteiger partial charge in [-0.15, -0.1) is 0 Å². The minimum atomic E-state index is 0.133. The van der Waals surface area contributed by atoms with Crippen LogP contribution in [0.4, 0.5) is 0 Å². The third kappa shape index (κ3) is 3.80. The molecular formula is C11H23N3O. The molecule has 1 aliphatic rings. The molecule has 15 heavy (non-hydrogen) atoms. The molecule has 4 heteroatoms. The Hall–Kier alpha value is -0.610. The van der Waals surface area contributed by atoms with E-state index in [-0.39, 0.29) is 11.3 Å². The standard InChI is InChI=1S/C11H23N3O/c1-3-13-10(15)8-14-6-4-11(2,9-12)5-7-14/h3-9,12H2,1-2H3,(H,13,15). The van der Waals surface area contributed by atoms with Crippen LogP contribution in [0.2, 0.25) is 0 Å². The highest BCUT2D eigenvalue weighted by atomic mass is 16.2. The Balaban J connectivity index is 2.28. The van der Waals surface area contributed by atoms with Crippen LogP contribution in [-0.2, 0) is 4.79 Å². The van der Waals surface area contributed by atoms with E-state index in [9.17, 15) is 4.79 Å². The average Bonchev–Trinajstić information content (AvgIpc) is 2.22. The summed E-state index contributed by atoms with van der Waals surface area (Å²) in [5.41, 5.74) is 6.02. The van der Waals surface area contributed by atoms with E-state index < -0.39 is 0 Å². The summed E-state index contributed by atoms with van der Waals surface area (Å²) in [4.78, 5) is 13.6. The second-order valence-electron chi connectivity index (χ2n) is 4.74. The van der Waals surface area contributed by atoms with Crippen LogP contribution >= 0.6 is 0 Å². The van der Waals surface area contributed by atoms with Gasteiger partial charge in [0.1, 0.15) is 0 Å². The summed E-state index contributed by atoms with van der Waals surface area (Å²) in [6, 6.07) is 0. The summed E-state index contributed by atoms with van der Waals surface area (Å²) in [7, 11) is 0. The number of rotatable bonds is 4. The van der Waals surface area contributed by atoms with Crippen molar-refractivity contribution in [3.05, 3.63) is 0 Å². The lowest BCUT2D eigenvalue weighted by molar-refractivity contribution is -0.122. The molecule has 1 rings (SSSR count). The highest BCUT2D eigenvalue weighted by Gasteiger charge is 2.28. The van der Waals surface area contributed by atoms with Crippen LogP contribution in [0.15, 0.2) is 0 Å². The fraction of sp³-hybridized carbons (Fsp3) is 0.909. The summed E-state index contributed by atoms with van der Waals surface area (Å²) in [6.07, 6.45) is 2.20. The van der Waals surface area contributed by atoms with Crippen molar-refractivity contribution in [3.63, 3.8) is 0 Å². The van der Waals surface area contributed by atoms with Gasteiger partial charge in [-0.3, -0.25) is 9.69 Å². The third-order valence-electron chi connectivity index (χ3n) is 3.30. The molecule has 88 valence electrons. The number of nitrogens with zero attached hydrogens (tertiary/aromatic N) is 1. The van der Waals surface area contributed by atoms with Gasteiger partial charge in [-0.2, -0.15) is 0 Å². The van der Waals surface area contributed by atoms with Gasteiger partial charge in [0.2, 0.25) is 5.91 Å². The number of hydrogen-bond acceptors (Lipinski definition) is 3. The van der Waals surface area contributed by atoms with Crippen molar-refractivity contribution in [3.8, 4) is 0 Å². The Morgan fingerprint density at radius 3 is 2.53 bits per heavy atom. The Bertz CT molecular complexity index is 210. The number of likely N-dealkylation sites (N-methyl/N-ethyl adjacent to an activating group) is 1. The zero-order valence-corrected chi connectivity index (χ0v) is 9.88. The Kier molecular flexibility index (Phi) is 4.54. The fourth-order valence-electron chi connectivity index (χ4n) is 1.91. The number of carbonyl (C=O) groups is 1. The van der Waals surface area contributed by atoms with Gasteiger partial charge in [-0.05, 0) is 44.8 Å². The third-order valence-corrected chi connectivity index (χ3v) is 3.30. The van der Waals surface area contributed by atoms with Crippen molar-refractivity contribution in [2.24, 2.45) is 11.1 Å². The van der Waals surface area contributed by atoms with Gasteiger partial charge in [0, 0.05) is 6.54 Å². The number of carbonyl (C=O) groups excluding carboxylic acids is 1. The smallest absolute Gasteiger partial charge is 0.234 e. The monoisotopic (exact) mass is 213 g/mol. The molecule has 1 heterocycles. The molecule has 0 spiro atoms. The molecule has 0 saturated carbocycles. The normalized spacial score (nSPS) is 21.3. The second-order valence-corrected chi connectivity index (χ2v) is 4.74. The Morgan fingerprint density at radius 2 is 2.07 bits per heavy atom. The topological polar surface area (TPSA) is 58.4 Å². The highest BCUT2D eigenvalue weighted by molar-refractivity contribution is 5.77. The quantitative estimate of drug-likeness (QED) is 0.700. The number of likely N-dealkylation sites (tertiary alicyclic amines) is 1. The summed E-state index contributed by atoms with van der Waals surface area (Å²) in [5.74, 6) is 0.133. The van der Waals surface area contributed by atoms with E-state index in [0.29, 0.717) is 13.1 Å². The Labute approximate surface area is 92.2 Å². The van der Waals surface area contributed by atoms with Gasteiger partial charge >= 0.3 is 0 Å². The van der Waals surface area contributed by atoms with Crippen LogP contribution in [0.1, 0.15) is 26.7 Å². The largest absolute Gasteiger partial charge is 0.355 e. The first-order valence-electron chi connectivity index (χ1n) is 5.79. The first kappa shape index (κ1) is 12.5. The lowest BCUT2D eigenvalue weighted by atomic mass is 9.80. The molecule has 1 saturated heterocycles. The van der Waals surface area contributed by atoms with E-state index in [1.165, 1.54) is 0 Å². The number of nitrogens with one attached hydrogen (secondary N) is 1. The second kappa shape index (κ2) is 5.47. The SMILES string of the molecule is CCNC(=O)CN1CCC(C)(CN)CC1. The number of piperidine rings is 1. The van der Waals surface area contributed by atoms with E-state index in [4.69, 9.17) is 5.73 Å². The molecule has 0 bridgehead atoms. The molecule has 0 aromatic heterocycles. The van der Waals surface area contributed by atoms with E-state index in [2.05, 4.69) is 17.1 Å². The Morgan fingerprint density at radius 1 is 1.47 bits per heavy atom. The van der Waals surface area contributed by atoms with Gasteiger partial charge in [-0.1, -0.05) is 6.92 Å². The van der Waals surface area contributed by atoms with Crippen LogP contribution in [-0.4, -0.2) is 43.5 Å². The van der Waals surface area contributed by atoms with Crippen molar-refractivity contribution in [2.45, 2.75) is 26.7 Å². The summed E-state index contributed by atoms with van der Waals surface area (Å²) >= 11 is 0. The van der Waals surface area contributed by atoms with Crippen LogP contribution in [0, 0.1) is 5.41 Å². The number of nitrogens with two attached hydrogens (primary N) is 1. The van der Waals surface area contributed by atoms with Crippen molar-refractivity contribution in [1.29, 1.82) is 0 Å². The lowest BCUT2D eigenvalue weighted by Gasteiger charge is -2.38. The van der Waals surface area contributed by atoms with Gasteiger partial charge in [0.15, 0.2) is 0 Å². The predicted octanol–water partition coefficient (Wildman–Crippen LogP) is 0.183. The maximum Gasteiger partial charge on any atom is 0.234 e. The van der Waals surface area contributed by atoms with Gasteiger partial charge in [-0.25, -0.2) is 0 Å². The minimum absolute atomic E-state index is 0.133. The molecule has 0 aromatic carbocycles. The average molecular weight is 213 g/mol. The van der Waals surface area contributed by atoms with Crippen molar-refractivity contribution >= 4 is 5.91 Å². The van der Waals surface area contributed by atoms with Gasteiger partial charge in [0.05, 0.1) is 6.54 Å². The molecule has 3 N–H and O–H groups in total. The molecule has 4 nitrogen and oxygen atoms in total. The molecule has 1 fully saturated rings. The minimum Gasteiger partial charge on any atom is -0.355 e. The van der Waals surface area contributed by atoms with E-state index in [1.807, 2.05) is 6.92 Å². The molecule has 0 aliphatic carbocycles. The zero-order valence-electron chi connectivity index (χ0n) is 9.88. The molecule has 0 atom stereocenters. The molecule has 1 aliphatic heterocycles. The summed E-state index contributed by atoms with van der Waals surface area (Å²) in [6.45, 7) is 8.16. The van der Waals surface area contributed by atoms with Crippen molar-refractivity contribution in [1.82, 2.24) is 10.2 Å². The lowest BCUT2D eigenvalue weighted by Crippen LogP contribution is -2.45. The van der Waals surface area contributed by atoms with Crippen LogP contribution in [0.3, 0.4) is 0 Å². The maximum absolute atomic E-state index is 11.4. The van der Waals surface area contributed by atoms with Crippen LogP contribution < -0.4 is 11.1 Å². The molecule has 0 unspecified atom stereocenters. The molecular weight excluding hydrogens is 190 g/mol.